The molecule has 5 nitrogen and oxygen atoms in total. The predicted octanol–water partition coefficient (Wildman–Crippen LogP) is 3.51. The highest BCUT2D eigenvalue weighted by Crippen LogP contribution is 2.17. The second-order valence-electron chi connectivity index (χ2n) is 7.40. The summed E-state index contributed by atoms with van der Waals surface area (Å²) in [6, 6.07) is 0.880. The topological polar surface area (TPSA) is 34.2 Å². The average Bonchev–Trinajstić information content (AvgIpc) is 2.54. The van der Waals surface area contributed by atoms with Gasteiger partial charge in [0.1, 0.15) is 8.24 Å². The molecule has 0 aliphatic carbocycles. The predicted molar refractivity (Wildman–Crippen MR) is 108 cm³/mol. The third kappa shape index (κ3) is 9.08. The van der Waals surface area contributed by atoms with Crippen LogP contribution in [0.2, 0.25) is 25.7 Å². The van der Waals surface area contributed by atoms with E-state index >= 15 is 0 Å². The average molecular weight is 379 g/mol. The largest absolute Gasteiger partial charge is 0.500 e. The zero-order chi connectivity index (χ0) is 18.6. The smallest absolute Gasteiger partial charge is 0.377 e. The Balaban J connectivity index is 4.57. The lowest BCUT2D eigenvalue weighted by Crippen LogP contribution is -2.50. The van der Waals surface area contributed by atoms with Crippen molar-refractivity contribution in [2.24, 2.45) is 0 Å². The van der Waals surface area contributed by atoms with Crippen LogP contribution in [0.5, 0.6) is 0 Å². The van der Waals surface area contributed by atoms with Crippen LogP contribution in [0.1, 0.15) is 33.1 Å². The fraction of sp³-hybridized carbons (Fsp3) is 1.00. The summed E-state index contributed by atoms with van der Waals surface area (Å²) in [5, 5.41) is 0. The second kappa shape index (κ2) is 12.6. The molecule has 0 N–H and O–H groups in total. The molecule has 0 radical (unpaired) electrons. The Kier molecular flexibility index (Phi) is 12.7. The zero-order valence-electron chi connectivity index (χ0n) is 17.5. The SMILES string of the molecule is CCCN(CCC)CCN(CCC[Si](OC)(OC)OC)[Si](C)(C)C. The van der Waals surface area contributed by atoms with Crippen LogP contribution < -0.4 is 0 Å². The van der Waals surface area contributed by atoms with Crippen LogP contribution in [-0.2, 0) is 13.3 Å². The summed E-state index contributed by atoms with van der Waals surface area (Å²) in [6.45, 7) is 17.7. The van der Waals surface area contributed by atoms with E-state index in [4.69, 9.17) is 13.3 Å². The Bertz CT molecular complexity index is 296. The van der Waals surface area contributed by atoms with Crippen molar-refractivity contribution in [1.29, 1.82) is 0 Å². The highest BCUT2D eigenvalue weighted by molar-refractivity contribution is 6.73. The summed E-state index contributed by atoms with van der Waals surface area (Å²) >= 11 is 0. The molecule has 0 heterocycles. The van der Waals surface area contributed by atoms with E-state index in [1.165, 1.54) is 32.5 Å². The van der Waals surface area contributed by atoms with Gasteiger partial charge in [-0.2, -0.15) is 0 Å². The van der Waals surface area contributed by atoms with Gasteiger partial charge < -0.3 is 22.7 Å². The fourth-order valence-electron chi connectivity index (χ4n) is 3.06. The quantitative estimate of drug-likeness (QED) is 0.407. The molecule has 146 valence electrons. The van der Waals surface area contributed by atoms with Crippen molar-refractivity contribution >= 4 is 17.0 Å². The van der Waals surface area contributed by atoms with Gasteiger partial charge in [-0.1, -0.05) is 33.5 Å². The number of rotatable bonds is 15. The first kappa shape index (κ1) is 24.2. The minimum atomic E-state index is -2.44. The molecule has 0 unspecified atom stereocenters. The first-order valence-electron chi connectivity index (χ1n) is 9.41. The molecule has 0 spiro atoms. The van der Waals surface area contributed by atoms with Crippen LogP contribution in [0.25, 0.3) is 0 Å². The summed E-state index contributed by atoms with van der Waals surface area (Å²) in [7, 11) is 1.33. The Morgan fingerprint density at radius 1 is 0.708 bits per heavy atom. The van der Waals surface area contributed by atoms with Crippen molar-refractivity contribution in [2.75, 3.05) is 54.1 Å². The molecule has 0 fully saturated rings. The van der Waals surface area contributed by atoms with Gasteiger partial charge >= 0.3 is 8.80 Å². The van der Waals surface area contributed by atoms with Gasteiger partial charge in [-0.3, -0.25) is 0 Å². The van der Waals surface area contributed by atoms with Crippen LogP contribution in [0.15, 0.2) is 0 Å². The van der Waals surface area contributed by atoms with Crippen LogP contribution in [0.4, 0.5) is 0 Å². The molecule has 0 saturated heterocycles. The molecule has 0 saturated carbocycles. The summed E-state index contributed by atoms with van der Waals surface area (Å²) in [5.74, 6) is 0. The molecule has 0 rings (SSSR count). The minimum absolute atomic E-state index is 0.880. The molecule has 0 aromatic heterocycles. The van der Waals surface area contributed by atoms with Gasteiger partial charge in [0, 0.05) is 40.5 Å². The van der Waals surface area contributed by atoms with Crippen molar-refractivity contribution in [3.05, 3.63) is 0 Å². The van der Waals surface area contributed by atoms with Gasteiger partial charge in [-0.15, -0.1) is 0 Å². The van der Waals surface area contributed by atoms with E-state index in [0.29, 0.717) is 0 Å². The first-order valence-corrected chi connectivity index (χ1v) is 14.8. The monoisotopic (exact) mass is 378 g/mol. The van der Waals surface area contributed by atoms with Crippen molar-refractivity contribution in [1.82, 2.24) is 9.47 Å². The maximum Gasteiger partial charge on any atom is 0.500 e. The Hall–Kier alpha value is 0.234. The molecule has 0 aromatic carbocycles. The number of nitrogens with zero attached hydrogens (tertiary/aromatic N) is 2. The number of hydrogen-bond donors (Lipinski definition) is 0. The Labute approximate surface area is 153 Å². The van der Waals surface area contributed by atoms with E-state index in [1.807, 2.05) is 0 Å². The minimum Gasteiger partial charge on any atom is -0.377 e. The van der Waals surface area contributed by atoms with E-state index in [1.54, 1.807) is 21.3 Å². The molecular weight excluding hydrogens is 336 g/mol. The molecule has 24 heavy (non-hydrogen) atoms. The first-order chi connectivity index (χ1) is 11.3. The van der Waals surface area contributed by atoms with E-state index in [-0.39, 0.29) is 0 Å². The maximum absolute atomic E-state index is 5.54. The van der Waals surface area contributed by atoms with Crippen molar-refractivity contribution in [3.8, 4) is 0 Å². The molecular formula is C17H42N2O3Si2. The summed E-state index contributed by atoms with van der Waals surface area (Å²) < 4.78 is 19.3. The van der Waals surface area contributed by atoms with E-state index in [9.17, 15) is 0 Å². The summed E-state index contributed by atoms with van der Waals surface area (Å²) in [6.07, 6.45) is 3.53. The highest BCUT2D eigenvalue weighted by atomic mass is 28.4. The third-order valence-electron chi connectivity index (χ3n) is 4.56. The number of hydrogen-bond acceptors (Lipinski definition) is 5. The molecule has 7 heteroatoms. The maximum atomic E-state index is 5.54. The molecule has 0 atom stereocenters. The lowest BCUT2D eigenvalue weighted by molar-refractivity contribution is 0.122. The molecule has 0 aliphatic heterocycles. The van der Waals surface area contributed by atoms with E-state index < -0.39 is 17.0 Å². The summed E-state index contributed by atoms with van der Waals surface area (Å²) in [5.41, 5.74) is 0. The third-order valence-corrected chi connectivity index (χ3v) is 9.74. The van der Waals surface area contributed by atoms with Crippen LogP contribution in [0, 0.1) is 0 Å². The van der Waals surface area contributed by atoms with Gasteiger partial charge in [-0.05, 0) is 38.9 Å². The molecule has 0 amide bonds. The highest BCUT2D eigenvalue weighted by Gasteiger charge is 2.37. The Morgan fingerprint density at radius 3 is 1.58 bits per heavy atom. The lowest BCUT2D eigenvalue weighted by Gasteiger charge is -2.36. The van der Waals surface area contributed by atoms with Gasteiger partial charge in [-0.25, -0.2) is 0 Å². The lowest BCUT2D eigenvalue weighted by atomic mass is 10.3. The zero-order valence-corrected chi connectivity index (χ0v) is 19.5. The molecule has 0 bridgehead atoms. The van der Waals surface area contributed by atoms with Gasteiger partial charge in [0.25, 0.3) is 0 Å². The second-order valence-corrected chi connectivity index (χ2v) is 15.5. The van der Waals surface area contributed by atoms with Crippen LogP contribution in [0.3, 0.4) is 0 Å². The van der Waals surface area contributed by atoms with Gasteiger partial charge in [0.15, 0.2) is 0 Å². The summed E-state index contributed by atoms with van der Waals surface area (Å²) in [4.78, 5) is 2.60. The van der Waals surface area contributed by atoms with Crippen molar-refractivity contribution in [2.45, 2.75) is 58.8 Å². The standard InChI is InChI=1S/C17H42N2O3Si2/c1-9-12-18(13-10-2)15-16-19(23(6,7)8)14-11-17-24(20-3,21-4)22-5/h9-17H2,1-8H3. The van der Waals surface area contributed by atoms with E-state index in [0.717, 1.165) is 25.6 Å². The molecule has 0 aromatic rings. The Morgan fingerprint density at radius 2 is 1.21 bits per heavy atom. The van der Waals surface area contributed by atoms with Crippen LogP contribution in [-0.4, -0.2) is 80.6 Å². The van der Waals surface area contributed by atoms with Crippen molar-refractivity contribution < 1.29 is 13.3 Å². The molecule has 0 aliphatic rings. The van der Waals surface area contributed by atoms with Gasteiger partial charge in [0.05, 0.1) is 0 Å². The fourth-order valence-corrected chi connectivity index (χ4v) is 6.36. The van der Waals surface area contributed by atoms with Crippen molar-refractivity contribution in [3.63, 3.8) is 0 Å². The normalized spacial score (nSPS) is 13.2. The van der Waals surface area contributed by atoms with E-state index in [2.05, 4.69) is 43.0 Å². The van der Waals surface area contributed by atoms with Gasteiger partial charge in [0.2, 0.25) is 0 Å². The van der Waals surface area contributed by atoms with Crippen LogP contribution >= 0.6 is 0 Å².